The minimum Gasteiger partial charge on any atom is -0.480 e. The molecule has 7 heteroatoms. The maximum atomic E-state index is 11.0. The van der Waals surface area contributed by atoms with E-state index in [1.165, 1.54) is 18.6 Å². The molecule has 0 aliphatic rings. The number of nitrogens with one attached hydrogen (secondary N) is 2. The van der Waals surface area contributed by atoms with Crippen LogP contribution in [0.3, 0.4) is 0 Å². The lowest BCUT2D eigenvalue weighted by atomic mass is 10.5. The number of carboxylic acid groups (broad SMARTS) is 1. The maximum Gasteiger partial charge on any atom is 0.322 e. The molecule has 7 nitrogen and oxygen atoms in total. The third-order valence-electron chi connectivity index (χ3n) is 1.43. The van der Waals surface area contributed by atoms with E-state index in [1.807, 2.05) is 0 Å². The topological polar surface area (TPSA) is 104 Å². The lowest BCUT2D eigenvalue weighted by molar-refractivity contribution is -0.137. The fraction of sp³-hybridized carbons (Fsp3) is 0.250. The van der Waals surface area contributed by atoms with Gasteiger partial charge in [0, 0.05) is 12.4 Å². The molecule has 1 heterocycles. The standard InChI is InChI=1S/C8H10N4O3/c13-7(12-5-8(14)15)4-11-6-3-9-1-2-10-6/h1-3H,4-5H2,(H,10,11)(H,12,13)(H,14,15). The van der Waals surface area contributed by atoms with E-state index in [9.17, 15) is 9.59 Å². The van der Waals surface area contributed by atoms with Crippen molar-refractivity contribution in [1.82, 2.24) is 15.3 Å². The van der Waals surface area contributed by atoms with Gasteiger partial charge in [-0.3, -0.25) is 14.6 Å². The van der Waals surface area contributed by atoms with Crippen molar-refractivity contribution in [3.8, 4) is 0 Å². The monoisotopic (exact) mass is 210 g/mol. The van der Waals surface area contributed by atoms with Crippen LogP contribution in [0.1, 0.15) is 0 Å². The molecule has 15 heavy (non-hydrogen) atoms. The molecule has 0 fully saturated rings. The summed E-state index contributed by atoms with van der Waals surface area (Å²) in [5.41, 5.74) is 0. The Morgan fingerprint density at radius 1 is 1.33 bits per heavy atom. The number of carbonyl (C=O) groups is 2. The van der Waals surface area contributed by atoms with Crippen LogP contribution in [0.15, 0.2) is 18.6 Å². The first kappa shape index (κ1) is 10.9. The highest BCUT2D eigenvalue weighted by atomic mass is 16.4. The zero-order valence-corrected chi connectivity index (χ0v) is 7.80. The molecule has 0 unspecified atom stereocenters. The van der Waals surface area contributed by atoms with Gasteiger partial charge in [-0.15, -0.1) is 0 Å². The van der Waals surface area contributed by atoms with Gasteiger partial charge in [-0.25, -0.2) is 4.98 Å². The molecule has 0 radical (unpaired) electrons. The van der Waals surface area contributed by atoms with Gasteiger partial charge in [0.2, 0.25) is 5.91 Å². The maximum absolute atomic E-state index is 11.0. The van der Waals surface area contributed by atoms with Crippen molar-refractivity contribution in [2.24, 2.45) is 0 Å². The summed E-state index contributed by atoms with van der Waals surface area (Å²) in [6, 6.07) is 0. The summed E-state index contributed by atoms with van der Waals surface area (Å²) in [4.78, 5) is 28.8. The lowest BCUT2D eigenvalue weighted by Crippen LogP contribution is -2.33. The smallest absolute Gasteiger partial charge is 0.322 e. The molecular weight excluding hydrogens is 200 g/mol. The molecule has 1 rings (SSSR count). The Bertz CT molecular complexity index is 341. The molecule has 1 amide bonds. The predicted molar refractivity (Wildman–Crippen MR) is 51.2 cm³/mol. The van der Waals surface area contributed by atoms with Crippen LogP contribution in [-0.4, -0.2) is 40.0 Å². The highest BCUT2D eigenvalue weighted by Gasteiger charge is 2.03. The van der Waals surface area contributed by atoms with Gasteiger partial charge in [0.05, 0.1) is 12.7 Å². The number of aliphatic carboxylic acids is 1. The van der Waals surface area contributed by atoms with Gasteiger partial charge in [-0.05, 0) is 0 Å². The summed E-state index contributed by atoms with van der Waals surface area (Å²) in [6.07, 6.45) is 4.46. The molecule has 0 saturated heterocycles. The van der Waals surface area contributed by atoms with Crippen LogP contribution in [0.2, 0.25) is 0 Å². The van der Waals surface area contributed by atoms with Crippen molar-refractivity contribution < 1.29 is 14.7 Å². The van der Waals surface area contributed by atoms with Crippen LogP contribution < -0.4 is 10.6 Å². The number of rotatable bonds is 5. The first-order valence-corrected chi connectivity index (χ1v) is 4.17. The molecule has 0 atom stereocenters. The fourth-order valence-electron chi connectivity index (χ4n) is 0.798. The average molecular weight is 210 g/mol. The number of carboxylic acids is 1. The van der Waals surface area contributed by atoms with E-state index >= 15 is 0 Å². The molecular formula is C8H10N4O3. The number of aromatic nitrogens is 2. The van der Waals surface area contributed by atoms with E-state index in [0.717, 1.165) is 0 Å². The molecule has 0 aliphatic carbocycles. The molecule has 80 valence electrons. The minimum absolute atomic E-state index is 0.0357. The third-order valence-corrected chi connectivity index (χ3v) is 1.43. The third kappa shape index (κ3) is 4.55. The normalized spacial score (nSPS) is 9.33. The summed E-state index contributed by atoms with van der Waals surface area (Å²) < 4.78 is 0. The first-order valence-electron chi connectivity index (χ1n) is 4.17. The van der Waals surface area contributed by atoms with E-state index in [1.54, 1.807) is 0 Å². The molecule has 1 aromatic rings. The van der Waals surface area contributed by atoms with Gasteiger partial charge in [0.25, 0.3) is 0 Å². The second-order valence-corrected chi connectivity index (χ2v) is 2.61. The molecule has 0 aliphatic heterocycles. The van der Waals surface area contributed by atoms with E-state index in [2.05, 4.69) is 20.6 Å². The van der Waals surface area contributed by atoms with Gasteiger partial charge < -0.3 is 15.7 Å². The number of carbonyl (C=O) groups excluding carboxylic acids is 1. The Hall–Kier alpha value is -2.18. The lowest BCUT2D eigenvalue weighted by Gasteiger charge is -2.04. The van der Waals surface area contributed by atoms with Crippen molar-refractivity contribution in [2.75, 3.05) is 18.4 Å². The molecule has 0 aromatic carbocycles. The number of hydrogen-bond acceptors (Lipinski definition) is 5. The highest BCUT2D eigenvalue weighted by Crippen LogP contribution is 1.94. The molecule has 0 spiro atoms. The summed E-state index contributed by atoms with van der Waals surface area (Å²) in [5, 5.41) is 13.2. The highest BCUT2D eigenvalue weighted by molar-refractivity contribution is 5.84. The Kier molecular flexibility index (Phi) is 4.02. The average Bonchev–Trinajstić information content (AvgIpc) is 2.25. The molecule has 0 bridgehead atoms. The van der Waals surface area contributed by atoms with Crippen LogP contribution >= 0.6 is 0 Å². The van der Waals surface area contributed by atoms with Gasteiger partial charge >= 0.3 is 5.97 Å². The zero-order chi connectivity index (χ0) is 11.1. The van der Waals surface area contributed by atoms with E-state index in [-0.39, 0.29) is 13.1 Å². The summed E-state index contributed by atoms with van der Waals surface area (Å²) >= 11 is 0. The number of amides is 1. The number of anilines is 1. The van der Waals surface area contributed by atoms with Crippen molar-refractivity contribution in [3.63, 3.8) is 0 Å². The van der Waals surface area contributed by atoms with Crippen molar-refractivity contribution >= 4 is 17.7 Å². The van der Waals surface area contributed by atoms with Crippen LogP contribution in [0.5, 0.6) is 0 Å². The second kappa shape index (κ2) is 5.53. The van der Waals surface area contributed by atoms with Crippen molar-refractivity contribution in [2.45, 2.75) is 0 Å². The molecule has 3 N–H and O–H groups in total. The van der Waals surface area contributed by atoms with E-state index in [4.69, 9.17) is 5.11 Å². The molecule has 1 aromatic heterocycles. The van der Waals surface area contributed by atoms with Crippen LogP contribution in [0, 0.1) is 0 Å². The van der Waals surface area contributed by atoms with Crippen LogP contribution in [0.4, 0.5) is 5.82 Å². The van der Waals surface area contributed by atoms with E-state index in [0.29, 0.717) is 5.82 Å². The van der Waals surface area contributed by atoms with Gasteiger partial charge in [0.15, 0.2) is 0 Å². The van der Waals surface area contributed by atoms with E-state index < -0.39 is 11.9 Å². The zero-order valence-electron chi connectivity index (χ0n) is 7.80. The second-order valence-electron chi connectivity index (χ2n) is 2.61. The minimum atomic E-state index is -1.08. The Labute approximate surface area is 85.5 Å². The van der Waals surface area contributed by atoms with Gasteiger partial charge in [0.1, 0.15) is 12.4 Å². The Balaban J connectivity index is 2.26. The van der Waals surface area contributed by atoms with Crippen molar-refractivity contribution in [1.29, 1.82) is 0 Å². The SMILES string of the molecule is O=C(O)CNC(=O)CNc1cnccn1. The molecule has 0 saturated carbocycles. The Morgan fingerprint density at radius 2 is 2.13 bits per heavy atom. The van der Waals surface area contributed by atoms with Crippen LogP contribution in [-0.2, 0) is 9.59 Å². The Morgan fingerprint density at radius 3 is 2.73 bits per heavy atom. The summed E-state index contributed by atoms with van der Waals surface area (Å²) in [5.74, 6) is -1.03. The fourth-order valence-corrected chi connectivity index (χ4v) is 0.798. The van der Waals surface area contributed by atoms with Crippen LogP contribution in [0.25, 0.3) is 0 Å². The number of nitrogens with zero attached hydrogens (tertiary/aromatic N) is 2. The summed E-state index contributed by atoms with van der Waals surface area (Å²) in [6.45, 7) is -0.424. The van der Waals surface area contributed by atoms with Gasteiger partial charge in [-0.1, -0.05) is 0 Å². The quantitative estimate of drug-likeness (QED) is 0.581. The number of hydrogen-bond donors (Lipinski definition) is 3. The van der Waals surface area contributed by atoms with Gasteiger partial charge in [-0.2, -0.15) is 0 Å². The predicted octanol–water partition coefficient (Wildman–Crippen LogP) is -0.911. The largest absolute Gasteiger partial charge is 0.480 e. The van der Waals surface area contributed by atoms with Crippen molar-refractivity contribution in [3.05, 3.63) is 18.6 Å². The summed E-state index contributed by atoms with van der Waals surface area (Å²) in [7, 11) is 0. The first-order chi connectivity index (χ1) is 7.18.